The summed E-state index contributed by atoms with van der Waals surface area (Å²) in [6.45, 7) is 0. The fourth-order valence-corrected chi connectivity index (χ4v) is 1.97. The van der Waals surface area contributed by atoms with Gasteiger partial charge in [0, 0.05) is 6.04 Å². The van der Waals surface area contributed by atoms with Gasteiger partial charge in [-0.05, 0) is 31.4 Å². The van der Waals surface area contributed by atoms with Crippen LogP contribution in [0.1, 0.15) is 25.3 Å². The lowest BCUT2D eigenvalue weighted by atomic mass is 9.93. The third-order valence-corrected chi connectivity index (χ3v) is 2.97. The van der Waals surface area contributed by atoms with Crippen LogP contribution in [-0.2, 0) is 0 Å². The number of halogens is 1. The number of aromatic nitrogens is 3. The van der Waals surface area contributed by atoms with Gasteiger partial charge in [-0.1, -0.05) is 0 Å². The Morgan fingerprint density at radius 2 is 2.13 bits per heavy atom. The second-order valence-corrected chi connectivity index (χ2v) is 3.90. The van der Waals surface area contributed by atoms with Gasteiger partial charge in [0.2, 0.25) is 11.9 Å². The van der Waals surface area contributed by atoms with Crippen LogP contribution in [0.4, 0.5) is 10.3 Å². The SMILES string of the molecule is Nc1nc2ccc(F)nc2n1C1CCC1. The molecule has 1 aliphatic rings. The number of fused-ring (bicyclic) bond motifs is 1. The first-order valence-electron chi connectivity index (χ1n) is 5.05. The second-order valence-electron chi connectivity index (χ2n) is 3.90. The molecule has 1 saturated carbocycles. The quantitative estimate of drug-likeness (QED) is 0.725. The summed E-state index contributed by atoms with van der Waals surface area (Å²) in [7, 11) is 0. The van der Waals surface area contributed by atoms with Crippen LogP contribution in [0.15, 0.2) is 12.1 Å². The van der Waals surface area contributed by atoms with Gasteiger partial charge in [0.25, 0.3) is 0 Å². The molecule has 2 N–H and O–H groups in total. The first-order chi connectivity index (χ1) is 7.25. The Bertz CT molecular complexity index is 515. The van der Waals surface area contributed by atoms with Gasteiger partial charge in [-0.3, -0.25) is 4.57 Å². The normalized spacial score (nSPS) is 16.9. The Balaban J connectivity index is 2.25. The number of rotatable bonds is 1. The molecule has 0 saturated heterocycles. The summed E-state index contributed by atoms with van der Waals surface area (Å²) < 4.78 is 14.9. The van der Waals surface area contributed by atoms with Crippen molar-refractivity contribution >= 4 is 17.1 Å². The third kappa shape index (κ3) is 1.19. The Hall–Kier alpha value is -1.65. The second kappa shape index (κ2) is 2.92. The minimum absolute atomic E-state index is 0.351. The highest BCUT2D eigenvalue weighted by Gasteiger charge is 2.24. The maximum absolute atomic E-state index is 13.0. The Kier molecular flexibility index (Phi) is 1.68. The van der Waals surface area contributed by atoms with Crippen molar-refractivity contribution in [3.05, 3.63) is 18.1 Å². The van der Waals surface area contributed by atoms with Crippen LogP contribution >= 0.6 is 0 Å². The van der Waals surface area contributed by atoms with E-state index in [0.29, 0.717) is 23.2 Å². The average molecular weight is 206 g/mol. The number of nitrogens with zero attached hydrogens (tertiary/aromatic N) is 3. The lowest BCUT2D eigenvalue weighted by molar-refractivity contribution is 0.322. The smallest absolute Gasteiger partial charge is 0.214 e. The Labute approximate surface area is 85.9 Å². The van der Waals surface area contributed by atoms with Gasteiger partial charge in [-0.25, -0.2) is 4.98 Å². The molecule has 1 fully saturated rings. The van der Waals surface area contributed by atoms with Crippen LogP contribution in [-0.4, -0.2) is 14.5 Å². The van der Waals surface area contributed by atoms with Crippen LogP contribution in [0.5, 0.6) is 0 Å². The number of imidazole rings is 1. The summed E-state index contributed by atoms with van der Waals surface area (Å²) in [5.41, 5.74) is 7.04. The fraction of sp³-hybridized carbons (Fsp3) is 0.400. The van der Waals surface area contributed by atoms with Crippen LogP contribution < -0.4 is 5.73 Å². The number of nitrogen functional groups attached to an aromatic ring is 1. The summed E-state index contributed by atoms with van der Waals surface area (Å²) in [5.74, 6) is -0.0456. The summed E-state index contributed by atoms with van der Waals surface area (Å²) >= 11 is 0. The minimum Gasteiger partial charge on any atom is -0.369 e. The first kappa shape index (κ1) is 8.64. The van der Waals surface area contributed by atoms with E-state index in [1.54, 1.807) is 6.07 Å². The standard InChI is InChI=1S/C10H11FN4/c11-8-5-4-7-9(14-8)15(10(12)13-7)6-2-1-3-6/h4-6H,1-3H2,(H2,12,13). The highest BCUT2D eigenvalue weighted by atomic mass is 19.1. The summed E-state index contributed by atoms with van der Waals surface area (Å²) in [5, 5.41) is 0. The molecule has 0 aromatic carbocycles. The minimum atomic E-state index is -0.483. The lowest BCUT2D eigenvalue weighted by Crippen LogP contribution is -2.19. The van der Waals surface area contributed by atoms with Crippen LogP contribution in [0, 0.1) is 5.95 Å². The molecule has 0 radical (unpaired) electrons. The summed E-state index contributed by atoms with van der Waals surface area (Å²) in [6.07, 6.45) is 3.35. The number of anilines is 1. The molecule has 1 aliphatic carbocycles. The number of hydrogen-bond acceptors (Lipinski definition) is 3. The van der Waals surface area contributed by atoms with Crippen LogP contribution in [0.3, 0.4) is 0 Å². The third-order valence-electron chi connectivity index (χ3n) is 2.97. The number of hydrogen-bond donors (Lipinski definition) is 1. The molecule has 2 aromatic heterocycles. The molecule has 4 nitrogen and oxygen atoms in total. The Morgan fingerprint density at radius 1 is 1.33 bits per heavy atom. The van der Waals surface area contributed by atoms with E-state index in [2.05, 4.69) is 9.97 Å². The molecule has 2 aromatic rings. The average Bonchev–Trinajstić information content (AvgIpc) is 2.42. The van der Waals surface area contributed by atoms with Crippen molar-refractivity contribution in [2.75, 3.05) is 5.73 Å². The van der Waals surface area contributed by atoms with E-state index in [1.165, 1.54) is 12.5 Å². The molecule has 0 atom stereocenters. The highest BCUT2D eigenvalue weighted by molar-refractivity contribution is 5.74. The Morgan fingerprint density at radius 3 is 2.80 bits per heavy atom. The topological polar surface area (TPSA) is 56.7 Å². The van der Waals surface area contributed by atoms with Gasteiger partial charge in [0.1, 0.15) is 5.52 Å². The van der Waals surface area contributed by atoms with Gasteiger partial charge >= 0.3 is 0 Å². The van der Waals surface area contributed by atoms with Crippen LogP contribution in [0.25, 0.3) is 11.2 Å². The molecule has 0 bridgehead atoms. The zero-order valence-electron chi connectivity index (χ0n) is 8.15. The molecular weight excluding hydrogens is 195 g/mol. The van der Waals surface area contributed by atoms with E-state index in [4.69, 9.17) is 5.73 Å². The van der Waals surface area contributed by atoms with E-state index < -0.39 is 5.95 Å². The van der Waals surface area contributed by atoms with E-state index >= 15 is 0 Å². The van der Waals surface area contributed by atoms with Crippen molar-refractivity contribution in [2.24, 2.45) is 0 Å². The van der Waals surface area contributed by atoms with E-state index in [0.717, 1.165) is 12.8 Å². The number of pyridine rings is 1. The highest BCUT2D eigenvalue weighted by Crippen LogP contribution is 2.35. The maximum Gasteiger partial charge on any atom is 0.214 e. The molecule has 3 rings (SSSR count). The van der Waals surface area contributed by atoms with Gasteiger partial charge in [0.15, 0.2) is 5.65 Å². The van der Waals surface area contributed by atoms with Crippen molar-refractivity contribution in [1.82, 2.24) is 14.5 Å². The molecule has 0 spiro atoms. The first-order valence-corrected chi connectivity index (χ1v) is 5.05. The van der Waals surface area contributed by atoms with Crippen molar-refractivity contribution in [2.45, 2.75) is 25.3 Å². The molecule has 2 heterocycles. The molecular formula is C10H11FN4. The zero-order valence-corrected chi connectivity index (χ0v) is 8.15. The van der Waals surface area contributed by atoms with Crippen molar-refractivity contribution in [1.29, 1.82) is 0 Å². The number of nitrogens with two attached hydrogens (primary N) is 1. The largest absolute Gasteiger partial charge is 0.369 e. The van der Waals surface area contributed by atoms with Crippen molar-refractivity contribution in [3.63, 3.8) is 0 Å². The van der Waals surface area contributed by atoms with E-state index in [-0.39, 0.29) is 0 Å². The predicted octanol–water partition coefficient (Wildman–Crippen LogP) is 1.88. The monoisotopic (exact) mass is 206 g/mol. The van der Waals surface area contributed by atoms with Gasteiger partial charge in [-0.2, -0.15) is 9.37 Å². The maximum atomic E-state index is 13.0. The fourth-order valence-electron chi connectivity index (χ4n) is 1.97. The van der Waals surface area contributed by atoms with Crippen LogP contribution in [0.2, 0.25) is 0 Å². The molecule has 15 heavy (non-hydrogen) atoms. The zero-order chi connectivity index (χ0) is 10.4. The van der Waals surface area contributed by atoms with E-state index in [1.807, 2.05) is 4.57 Å². The van der Waals surface area contributed by atoms with E-state index in [9.17, 15) is 4.39 Å². The molecule has 0 aliphatic heterocycles. The van der Waals surface area contributed by atoms with Crippen molar-refractivity contribution < 1.29 is 4.39 Å². The predicted molar refractivity (Wildman–Crippen MR) is 54.8 cm³/mol. The molecule has 0 unspecified atom stereocenters. The molecule has 5 heteroatoms. The van der Waals surface area contributed by atoms with Gasteiger partial charge < -0.3 is 5.73 Å². The molecule has 78 valence electrons. The van der Waals surface area contributed by atoms with Gasteiger partial charge in [-0.15, -0.1) is 0 Å². The summed E-state index contributed by atoms with van der Waals surface area (Å²) in [4.78, 5) is 8.02. The molecule has 0 amide bonds. The van der Waals surface area contributed by atoms with Crippen molar-refractivity contribution in [3.8, 4) is 0 Å². The van der Waals surface area contributed by atoms with Gasteiger partial charge in [0.05, 0.1) is 0 Å². The lowest BCUT2D eigenvalue weighted by Gasteiger charge is -2.27. The summed E-state index contributed by atoms with van der Waals surface area (Å²) in [6, 6.07) is 3.27.